The van der Waals surface area contributed by atoms with Crippen molar-refractivity contribution < 1.29 is 23.9 Å². The standard InChI is InChI=1S/C16H18N2O5/c1-2-22-13-5-3-12(4-6-13)15(20)17-7-11(8-17)9-18-14(19)10-23-16(18)21/h3-6,11H,2,7-10H2,1H3. The molecule has 2 fully saturated rings. The van der Waals surface area contributed by atoms with Crippen molar-refractivity contribution in [3.05, 3.63) is 29.8 Å². The molecule has 122 valence electrons. The molecular weight excluding hydrogens is 300 g/mol. The number of hydrogen-bond donors (Lipinski definition) is 0. The molecule has 0 N–H and O–H groups in total. The predicted molar refractivity (Wildman–Crippen MR) is 80.1 cm³/mol. The monoisotopic (exact) mass is 318 g/mol. The number of amides is 3. The highest BCUT2D eigenvalue weighted by Crippen LogP contribution is 2.22. The van der Waals surface area contributed by atoms with E-state index in [1.807, 2.05) is 6.92 Å². The summed E-state index contributed by atoms with van der Waals surface area (Å²) >= 11 is 0. The Hall–Kier alpha value is -2.57. The number of carbonyl (C=O) groups is 3. The van der Waals surface area contributed by atoms with Crippen molar-refractivity contribution in [1.29, 1.82) is 0 Å². The molecule has 3 rings (SSSR count). The predicted octanol–water partition coefficient (Wildman–Crippen LogP) is 1.14. The summed E-state index contributed by atoms with van der Waals surface area (Å²) in [5.41, 5.74) is 0.601. The number of likely N-dealkylation sites (tertiary alicyclic amines) is 1. The molecule has 2 heterocycles. The van der Waals surface area contributed by atoms with Crippen LogP contribution < -0.4 is 4.74 Å². The Morgan fingerprint density at radius 2 is 1.96 bits per heavy atom. The van der Waals surface area contributed by atoms with E-state index >= 15 is 0 Å². The molecule has 7 heteroatoms. The van der Waals surface area contributed by atoms with Crippen LogP contribution >= 0.6 is 0 Å². The smallest absolute Gasteiger partial charge is 0.417 e. The SMILES string of the molecule is CCOc1ccc(C(=O)N2CC(CN3C(=O)COC3=O)C2)cc1. The van der Waals surface area contributed by atoms with Gasteiger partial charge in [0.25, 0.3) is 11.8 Å². The first-order valence-electron chi connectivity index (χ1n) is 7.57. The van der Waals surface area contributed by atoms with Gasteiger partial charge in [-0.1, -0.05) is 0 Å². The van der Waals surface area contributed by atoms with Crippen LogP contribution in [0.25, 0.3) is 0 Å². The summed E-state index contributed by atoms with van der Waals surface area (Å²) in [4.78, 5) is 38.0. The van der Waals surface area contributed by atoms with E-state index in [0.717, 1.165) is 10.6 Å². The van der Waals surface area contributed by atoms with Crippen molar-refractivity contribution in [2.24, 2.45) is 5.92 Å². The van der Waals surface area contributed by atoms with Crippen LogP contribution in [0.15, 0.2) is 24.3 Å². The molecule has 1 aromatic carbocycles. The molecule has 2 saturated heterocycles. The molecule has 7 nitrogen and oxygen atoms in total. The summed E-state index contributed by atoms with van der Waals surface area (Å²) in [5.74, 6) is 0.471. The average Bonchev–Trinajstić information content (AvgIpc) is 2.82. The Morgan fingerprint density at radius 1 is 1.26 bits per heavy atom. The number of ether oxygens (including phenoxy) is 2. The first-order valence-corrected chi connectivity index (χ1v) is 7.57. The van der Waals surface area contributed by atoms with Crippen molar-refractivity contribution in [2.75, 3.05) is 32.8 Å². The largest absolute Gasteiger partial charge is 0.494 e. The van der Waals surface area contributed by atoms with Gasteiger partial charge in [0.05, 0.1) is 6.61 Å². The molecule has 0 spiro atoms. The molecule has 3 amide bonds. The number of imide groups is 1. The lowest BCUT2D eigenvalue weighted by atomic mass is 9.98. The molecular formula is C16H18N2O5. The highest BCUT2D eigenvalue weighted by Gasteiger charge is 2.38. The maximum atomic E-state index is 12.3. The third-order valence-corrected chi connectivity index (χ3v) is 3.94. The maximum absolute atomic E-state index is 12.3. The van der Waals surface area contributed by atoms with Gasteiger partial charge in [-0.2, -0.15) is 0 Å². The second-order valence-electron chi connectivity index (χ2n) is 5.59. The van der Waals surface area contributed by atoms with Gasteiger partial charge in [0.2, 0.25) is 0 Å². The molecule has 0 saturated carbocycles. The van der Waals surface area contributed by atoms with Crippen LogP contribution in [-0.2, 0) is 9.53 Å². The van der Waals surface area contributed by atoms with Crippen LogP contribution in [0.5, 0.6) is 5.75 Å². The number of nitrogens with zero attached hydrogens (tertiary/aromatic N) is 2. The topological polar surface area (TPSA) is 76.2 Å². The summed E-state index contributed by atoms with van der Waals surface area (Å²) in [7, 11) is 0. The van der Waals surface area contributed by atoms with Gasteiger partial charge in [-0.15, -0.1) is 0 Å². The number of carbonyl (C=O) groups excluding carboxylic acids is 3. The molecule has 0 radical (unpaired) electrons. The fourth-order valence-corrected chi connectivity index (χ4v) is 2.71. The Kier molecular flexibility index (Phi) is 4.18. The van der Waals surface area contributed by atoms with E-state index in [2.05, 4.69) is 4.74 Å². The highest BCUT2D eigenvalue weighted by molar-refractivity contribution is 5.98. The van der Waals surface area contributed by atoms with Gasteiger partial charge in [-0.3, -0.25) is 9.59 Å². The van der Waals surface area contributed by atoms with Crippen molar-refractivity contribution in [2.45, 2.75) is 6.92 Å². The minimum atomic E-state index is -0.591. The normalized spacial score (nSPS) is 18.0. The molecule has 0 unspecified atom stereocenters. The second-order valence-corrected chi connectivity index (χ2v) is 5.59. The maximum Gasteiger partial charge on any atom is 0.417 e. The summed E-state index contributed by atoms with van der Waals surface area (Å²) in [5, 5.41) is 0. The molecule has 2 aliphatic rings. The second kappa shape index (κ2) is 6.28. The molecule has 0 aromatic heterocycles. The average molecular weight is 318 g/mol. The first-order chi connectivity index (χ1) is 11.1. The van der Waals surface area contributed by atoms with Crippen LogP contribution in [-0.4, -0.2) is 60.6 Å². The highest BCUT2D eigenvalue weighted by atomic mass is 16.6. The lowest BCUT2D eigenvalue weighted by Crippen LogP contribution is -2.54. The number of cyclic esters (lactones) is 1. The van der Waals surface area contributed by atoms with E-state index in [4.69, 9.17) is 4.74 Å². The van der Waals surface area contributed by atoms with Crippen LogP contribution in [0.1, 0.15) is 17.3 Å². The molecule has 0 aliphatic carbocycles. The van der Waals surface area contributed by atoms with Gasteiger partial charge >= 0.3 is 6.09 Å². The molecule has 0 atom stereocenters. The number of hydrogen-bond acceptors (Lipinski definition) is 5. The number of benzene rings is 1. The van der Waals surface area contributed by atoms with E-state index in [1.54, 1.807) is 29.2 Å². The van der Waals surface area contributed by atoms with E-state index in [1.165, 1.54) is 0 Å². The Labute approximate surface area is 133 Å². The van der Waals surface area contributed by atoms with Gasteiger partial charge in [0.1, 0.15) is 5.75 Å². The van der Waals surface area contributed by atoms with Crippen LogP contribution in [0.2, 0.25) is 0 Å². The molecule has 1 aromatic rings. The number of rotatable bonds is 5. The van der Waals surface area contributed by atoms with Crippen molar-refractivity contribution >= 4 is 17.9 Å². The Morgan fingerprint density at radius 3 is 2.52 bits per heavy atom. The van der Waals surface area contributed by atoms with Crippen LogP contribution in [0, 0.1) is 5.92 Å². The first kappa shape index (κ1) is 15.3. The molecule has 23 heavy (non-hydrogen) atoms. The van der Waals surface area contributed by atoms with Gasteiger partial charge in [0.15, 0.2) is 6.61 Å². The lowest BCUT2D eigenvalue weighted by molar-refractivity contribution is -0.126. The van der Waals surface area contributed by atoms with Crippen molar-refractivity contribution in [3.63, 3.8) is 0 Å². The summed E-state index contributed by atoms with van der Waals surface area (Å²) < 4.78 is 10.0. The lowest BCUT2D eigenvalue weighted by Gasteiger charge is -2.40. The summed E-state index contributed by atoms with van der Waals surface area (Å²) in [6.45, 7) is 3.68. The zero-order valence-corrected chi connectivity index (χ0v) is 12.9. The third-order valence-electron chi connectivity index (χ3n) is 3.94. The van der Waals surface area contributed by atoms with Gasteiger partial charge in [0, 0.05) is 31.1 Å². The van der Waals surface area contributed by atoms with Gasteiger partial charge in [-0.05, 0) is 31.2 Å². The zero-order chi connectivity index (χ0) is 16.4. The van der Waals surface area contributed by atoms with Crippen LogP contribution in [0.4, 0.5) is 4.79 Å². The Bertz CT molecular complexity index is 606. The Balaban J connectivity index is 1.51. The van der Waals surface area contributed by atoms with E-state index in [9.17, 15) is 14.4 Å². The van der Waals surface area contributed by atoms with E-state index in [0.29, 0.717) is 31.8 Å². The third kappa shape index (κ3) is 3.13. The zero-order valence-electron chi connectivity index (χ0n) is 12.9. The van der Waals surface area contributed by atoms with E-state index < -0.39 is 6.09 Å². The van der Waals surface area contributed by atoms with Crippen molar-refractivity contribution in [1.82, 2.24) is 9.80 Å². The van der Waals surface area contributed by atoms with Gasteiger partial charge < -0.3 is 14.4 Å². The fraction of sp³-hybridized carbons (Fsp3) is 0.438. The summed E-state index contributed by atoms with van der Waals surface area (Å²) in [6.07, 6.45) is -0.591. The minimum absolute atomic E-state index is 0.0559. The van der Waals surface area contributed by atoms with Gasteiger partial charge in [-0.25, -0.2) is 9.69 Å². The fourth-order valence-electron chi connectivity index (χ4n) is 2.71. The van der Waals surface area contributed by atoms with Crippen LogP contribution in [0.3, 0.4) is 0 Å². The van der Waals surface area contributed by atoms with Crippen molar-refractivity contribution in [3.8, 4) is 5.75 Å². The van der Waals surface area contributed by atoms with E-state index in [-0.39, 0.29) is 24.3 Å². The molecule has 0 bridgehead atoms. The quantitative estimate of drug-likeness (QED) is 0.813. The summed E-state index contributed by atoms with van der Waals surface area (Å²) in [6, 6.07) is 7.02. The molecule has 2 aliphatic heterocycles. The minimum Gasteiger partial charge on any atom is -0.494 e.